The lowest BCUT2D eigenvalue weighted by Gasteiger charge is -2.27. The Morgan fingerprint density at radius 3 is 2.74 bits per heavy atom. The van der Waals surface area contributed by atoms with Gasteiger partial charge in [0.2, 0.25) is 5.91 Å². The third-order valence-electron chi connectivity index (χ3n) is 3.93. The Hall–Kier alpha value is -1.57. The number of aryl methyl sites for hydroxylation is 1. The zero-order valence-electron chi connectivity index (χ0n) is 11.9. The predicted molar refractivity (Wildman–Crippen MR) is 78.8 cm³/mol. The smallest absolute Gasteiger partial charge is 0.226 e. The second-order valence-corrected chi connectivity index (χ2v) is 5.26. The summed E-state index contributed by atoms with van der Waals surface area (Å²) >= 11 is 0. The van der Waals surface area contributed by atoms with Crippen molar-refractivity contribution in [1.29, 1.82) is 0 Å². The average Bonchev–Trinajstić information content (AvgIpc) is 2.47. The lowest BCUT2D eigenvalue weighted by Crippen LogP contribution is -2.36. The Bertz CT molecular complexity index is 464. The molecule has 0 bridgehead atoms. The first-order valence-corrected chi connectivity index (χ1v) is 7.20. The molecule has 102 valence electrons. The fourth-order valence-corrected chi connectivity index (χ4v) is 2.61. The van der Waals surface area contributed by atoms with Gasteiger partial charge in [0, 0.05) is 19.0 Å². The molecule has 2 rings (SSSR count). The minimum absolute atomic E-state index is 0.189. The standard InChI is InChI=1S/C17H23NO/c1-3-18(13-16-12-8-7-9-14(16)2)17(19)15-10-5-4-6-11-15/h4-5,7-9,12,15H,3,6,10-11,13H2,1-2H3. The summed E-state index contributed by atoms with van der Waals surface area (Å²) < 4.78 is 0. The summed E-state index contributed by atoms with van der Waals surface area (Å²) in [5, 5.41) is 0. The highest BCUT2D eigenvalue weighted by atomic mass is 16.2. The van der Waals surface area contributed by atoms with Crippen LogP contribution in [0.3, 0.4) is 0 Å². The molecule has 0 spiro atoms. The SMILES string of the molecule is CCN(Cc1ccccc1C)C(=O)C1CC=CCC1. The van der Waals surface area contributed by atoms with Crippen molar-refractivity contribution in [2.45, 2.75) is 39.7 Å². The van der Waals surface area contributed by atoms with Crippen LogP contribution in [0, 0.1) is 12.8 Å². The van der Waals surface area contributed by atoms with E-state index >= 15 is 0 Å². The first-order valence-electron chi connectivity index (χ1n) is 7.20. The van der Waals surface area contributed by atoms with Gasteiger partial charge >= 0.3 is 0 Å². The predicted octanol–water partition coefficient (Wildman–Crippen LogP) is 3.70. The van der Waals surface area contributed by atoms with Crippen LogP contribution in [0.4, 0.5) is 0 Å². The van der Waals surface area contributed by atoms with Gasteiger partial charge in [0.1, 0.15) is 0 Å². The van der Waals surface area contributed by atoms with Gasteiger partial charge in [-0.3, -0.25) is 4.79 Å². The number of amides is 1. The molecule has 1 unspecified atom stereocenters. The molecular weight excluding hydrogens is 234 g/mol. The summed E-state index contributed by atoms with van der Waals surface area (Å²) in [5.41, 5.74) is 2.52. The monoisotopic (exact) mass is 257 g/mol. The normalized spacial score (nSPS) is 18.3. The Labute approximate surface area is 116 Å². The van der Waals surface area contributed by atoms with Crippen molar-refractivity contribution >= 4 is 5.91 Å². The van der Waals surface area contributed by atoms with Gasteiger partial charge in [0.25, 0.3) is 0 Å². The number of hydrogen-bond acceptors (Lipinski definition) is 1. The van der Waals surface area contributed by atoms with Crippen molar-refractivity contribution in [1.82, 2.24) is 4.90 Å². The molecule has 0 aromatic heterocycles. The highest BCUT2D eigenvalue weighted by molar-refractivity contribution is 5.79. The number of hydrogen-bond donors (Lipinski definition) is 0. The van der Waals surface area contributed by atoms with E-state index in [2.05, 4.69) is 38.1 Å². The van der Waals surface area contributed by atoms with Gasteiger partial charge in [-0.25, -0.2) is 0 Å². The van der Waals surface area contributed by atoms with Crippen LogP contribution in [-0.2, 0) is 11.3 Å². The number of carbonyl (C=O) groups is 1. The average molecular weight is 257 g/mol. The minimum atomic E-state index is 0.189. The van der Waals surface area contributed by atoms with Gasteiger partial charge in [0.15, 0.2) is 0 Å². The van der Waals surface area contributed by atoms with E-state index in [1.54, 1.807) is 0 Å². The molecule has 1 aliphatic carbocycles. The highest BCUT2D eigenvalue weighted by Crippen LogP contribution is 2.22. The lowest BCUT2D eigenvalue weighted by atomic mass is 9.93. The summed E-state index contributed by atoms with van der Waals surface area (Å²) in [6.45, 7) is 5.70. The van der Waals surface area contributed by atoms with Crippen molar-refractivity contribution in [2.75, 3.05) is 6.54 Å². The van der Waals surface area contributed by atoms with Gasteiger partial charge in [-0.15, -0.1) is 0 Å². The Morgan fingerprint density at radius 2 is 2.11 bits per heavy atom. The van der Waals surface area contributed by atoms with Crippen molar-refractivity contribution in [3.05, 3.63) is 47.5 Å². The van der Waals surface area contributed by atoms with Crippen molar-refractivity contribution < 1.29 is 4.79 Å². The molecule has 19 heavy (non-hydrogen) atoms. The summed E-state index contributed by atoms with van der Waals surface area (Å²) in [5.74, 6) is 0.504. The second kappa shape index (κ2) is 6.55. The molecule has 1 aromatic carbocycles. The first kappa shape index (κ1) is 13.9. The van der Waals surface area contributed by atoms with Crippen molar-refractivity contribution in [2.24, 2.45) is 5.92 Å². The van der Waals surface area contributed by atoms with E-state index in [0.717, 1.165) is 32.4 Å². The number of carbonyl (C=O) groups excluding carboxylic acids is 1. The van der Waals surface area contributed by atoms with Crippen LogP contribution in [0.15, 0.2) is 36.4 Å². The van der Waals surface area contributed by atoms with Gasteiger partial charge in [-0.1, -0.05) is 36.4 Å². The third-order valence-corrected chi connectivity index (χ3v) is 3.93. The van der Waals surface area contributed by atoms with Crippen LogP contribution in [0.2, 0.25) is 0 Å². The van der Waals surface area contributed by atoms with Crippen LogP contribution >= 0.6 is 0 Å². The lowest BCUT2D eigenvalue weighted by molar-refractivity contribution is -0.136. The van der Waals surface area contributed by atoms with Crippen LogP contribution in [0.5, 0.6) is 0 Å². The molecule has 1 amide bonds. The highest BCUT2D eigenvalue weighted by Gasteiger charge is 2.23. The van der Waals surface area contributed by atoms with E-state index in [1.807, 2.05) is 17.0 Å². The quantitative estimate of drug-likeness (QED) is 0.753. The Kier molecular flexibility index (Phi) is 4.78. The molecule has 0 saturated heterocycles. The summed E-state index contributed by atoms with van der Waals surface area (Å²) in [6.07, 6.45) is 7.27. The molecule has 0 fully saturated rings. The van der Waals surface area contributed by atoms with Gasteiger partial charge in [-0.05, 0) is 44.2 Å². The van der Waals surface area contributed by atoms with Crippen LogP contribution in [0.25, 0.3) is 0 Å². The number of benzene rings is 1. The van der Waals surface area contributed by atoms with Crippen LogP contribution < -0.4 is 0 Å². The maximum atomic E-state index is 12.5. The molecular formula is C17H23NO. The van der Waals surface area contributed by atoms with Crippen molar-refractivity contribution in [3.63, 3.8) is 0 Å². The van der Waals surface area contributed by atoms with Crippen LogP contribution in [0.1, 0.15) is 37.3 Å². The van der Waals surface area contributed by atoms with Gasteiger partial charge in [0.05, 0.1) is 0 Å². The Morgan fingerprint density at radius 1 is 1.32 bits per heavy atom. The zero-order valence-corrected chi connectivity index (χ0v) is 11.9. The molecule has 0 aliphatic heterocycles. The molecule has 1 aliphatic rings. The molecule has 1 atom stereocenters. The molecule has 1 aromatic rings. The second-order valence-electron chi connectivity index (χ2n) is 5.26. The molecule has 2 heteroatoms. The van der Waals surface area contributed by atoms with E-state index in [9.17, 15) is 4.79 Å². The fraction of sp³-hybridized carbons (Fsp3) is 0.471. The summed E-state index contributed by atoms with van der Waals surface area (Å²) in [6, 6.07) is 8.32. The summed E-state index contributed by atoms with van der Waals surface area (Å²) in [4.78, 5) is 14.5. The maximum Gasteiger partial charge on any atom is 0.226 e. The van der Waals surface area contributed by atoms with Gasteiger partial charge < -0.3 is 4.90 Å². The molecule has 0 heterocycles. The molecule has 0 N–H and O–H groups in total. The molecule has 0 radical (unpaired) electrons. The maximum absolute atomic E-state index is 12.5. The summed E-state index contributed by atoms with van der Waals surface area (Å²) in [7, 11) is 0. The number of nitrogens with zero attached hydrogens (tertiary/aromatic N) is 1. The molecule has 0 saturated carbocycles. The van der Waals surface area contributed by atoms with Crippen LogP contribution in [-0.4, -0.2) is 17.4 Å². The minimum Gasteiger partial charge on any atom is -0.338 e. The topological polar surface area (TPSA) is 20.3 Å². The van der Waals surface area contributed by atoms with E-state index in [1.165, 1.54) is 11.1 Å². The largest absolute Gasteiger partial charge is 0.338 e. The van der Waals surface area contributed by atoms with Gasteiger partial charge in [-0.2, -0.15) is 0 Å². The van der Waals surface area contributed by atoms with E-state index in [-0.39, 0.29) is 5.92 Å². The van der Waals surface area contributed by atoms with E-state index in [4.69, 9.17) is 0 Å². The molecule has 2 nitrogen and oxygen atoms in total. The number of allylic oxidation sites excluding steroid dienone is 2. The Balaban J connectivity index is 2.05. The third kappa shape index (κ3) is 3.46. The van der Waals surface area contributed by atoms with Crippen molar-refractivity contribution in [3.8, 4) is 0 Å². The fourth-order valence-electron chi connectivity index (χ4n) is 2.61. The van der Waals surface area contributed by atoms with E-state index in [0.29, 0.717) is 5.91 Å². The van der Waals surface area contributed by atoms with E-state index < -0.39 is 0 Å². The number of rotatable bonds is 4. The zero-order chi connectivity index (χ0) is 13.7. The first-order chi connectivity index (χ1) is 9.22.